The van der Waals surface area contributed by atoms with Crippen LogP contribution in [0, 0.1) is 11.6 Å². The number of anilines is 3. The van der Waals surface area contributed by atoms with Crippen LogP contribution in [0.2, 0.25) is 15.2 Å². The summed E-state index contributed by atoms with van der Waals surface area (Å²) in [7, 11) is 0. The SMILES string of the molecule is Fc1ccc(NSc2scc(Cl)c2Cl)c(F)c1Nc1ncnc2ccc(Cl)nc12. The molecule has 12 heteroatoms. The number of aromatic nitrogens is 3. The van der Waals surface area contributed by atoms with E-state index in [0.29, 0.717) is 19.8 Å². The van der Waals surface area contributed by atoms with Crippen LogP contribution in [0.15, 0.2) is 40.2 Å². The average molecular weight is 491 g/mol. The van der Waals surface area contributed by atoms with E-state index in [1.807, 2.05) is 0 Å². The maximum absolute atomic E-state index is 15.0. The second-order valence-electron chi connectivity index (χ2n) is 5.52. The number of nitrogens with zero attached hydrogens (tertiary/aromatic N) is 3. The summed E-state index contributed by atoms with van der Waals surface area (Å²) in [5, 5.41) is 5.29. The number of pyridine rings is 1. The van der Waals surface area contributed by atoms with Gasteiger partial charge in [-0.2, -0.15) is 0 Å². The first-order valence-electron chi connectivity index (χ1n) is 7.81. The molecule has 1 aromatic carbocycles. The summed E-state index contributed by atoms with van der Waals surface area (Å²) in [5.41, 5.74) is 0.407. The molecule has 0 atom stereocenters. The molecule has 4 rings (SSSR count). The van der Waals surface area contributed by atoms with Gasteiger partial charge in [-0.1, -0.05) is 34.8 Å². The lowest BCUT2D eigenvalue weighted by molar-refractivity contribution is 0.593. The monoisotopic (exact) mass is 489 g/mol. The van der Waals surface area contributed by atoms with E-state index >= 15 is 0 Å². The Kier molecular flexibility index (Phi) is 5.93. The number of halogens is 5. The zero-order valence-corrected chi connectivity index (χ0v) is 17.9. The standard InChI is InChI=1S/C17H8Cl3F2N5S2/c18-7-5-28-17(12(7)20)29-27-9-2-1-8(21)14(13(9)22)26-16-15-10(23-6-24-16)3-4-11(19)25-15/h1-6,27H,(H,23,24,26). The van der Waals surface area contributed by atoms with E-state index in [1.165, 1.54) is 23.7 Å². The molecule has 3 aromatic heterocycles. The molecule has 0 aliphatic rings. The first-order chi connectivity index (χ1) is 13.9. The van der Waals surface area contributed by atoms with E-state index in [2.05, 4.69) is 25.0 Å². The smallest absolute Gasteiger partial charge is 0.173 e. The van der Waals surface area contributed by atoms with Gasteiger partial charge >= 0.3 is 0 Å². The van der Waals surface area contributed by atoms with Crippen LogP contribution in [0.4, 0.5) is 26.0 Å². The molecule has 3 heterocycles. The van der Waals surface area contributed by atoms with E-state index in [4.69, 9.17) is 34.8 Å². The van der Waals surface area contributed by atoms with Crippen molar-refractivity contribution in [1.29, 1.82) is 0 Å². The molecule has 0 saturated heterocycles. The van der Waals surface area contributed by atoms with Crippen LogP contribution >= 0.6 is 58.1 Å². The van der Waals surface area contributed by atoms with E-state index in [-0.39, 0.29) is 22.2 Å². The van der Waals surface area contributed by atoms with Gasteiger partial charge in [0.1, 0.15) is 32.7 Å². The molecule has 0 spiro atoms. The Morgan fingerprint density at radius 3 is 2.62 bits per heavy atom. The van der Waals surface area contributed by atoms with Crippen molar-refractivity contribution >= 4 is 86.3 Å². The minimum absolute atomic E-state index is 0.0452. The molecule has 0 unspecified atom stereocenters. The number of hydrogen-bond donors (Lipinski definition) is 2. The number of benzene rings is 1. The molecule has 0 aliphatic carbocycles. The largest absolute Gasteiger partial charge is 0.333 e. The number of hydrogen-bond acceptors (Lipinski definition) is 7. The average Bonchev–Trinajstić information content (AvgIpc) is 3.03. The van der Waals surface area contributed by atoms with Crippen LogP contribution in [0.3, 0.4) is 0 Å². The molecular formula is C17H8Cl3F2N5S2. The zero-order valence-electron chi connectivity index (χ0n) is 14.0. The second kappa shape index (κ2) is 8.45. The normalized spacial score (nSPS) is 11.1. The highest BCUT2D eigenvalue weighted by Gasteiger charge is 2.17. The molecule has 0 bridgehead atoms. The summed E-state index contributed by atoms with van der Waals surface area (Å²) in [5.74, 6) is -1.53. The Bertz CT molecular complexity index is 1220. The predicted octanol–water partition coefficient (Wildman–Crippen LogP) is 7.19. The van der Waals surface area contributed by atoms with Crippen molar-refractivity contribution in [3.8, 4) is 0 Å². The minimum atomic E-state index is -0.843. The first kappa shape index (κ1) is 20.4. The summed E-state index contributed by atoms with van der Waals surface area (Å²) in [6.07, 6.45) is 1.26. The van der Waals surface area contributed by atoms with Crippen molar-refractivity contribution < 1.29 is 8.78 Å². The summed E-state index contributed by atoms with van der Waals surface area (Å²) in [6.45, 7) is 0. The van der Waals surface area contributed by atoms with Gasteiger partial charge in [-0.05, 0) is 36.2 Å². The first-order valence-corrected chi connectivity index (χ1v) is 10.6. The zero-order chi connectivity index (χ0) is 20.5. The lowest BCUT2D eigenvalue weighted by Gasteiger charge is -2.13. The summed E-state index contributed by atoms with van der Waals surface area (Å²) < 4.78 is 32.8. The van der Waals surface area contributed by atoms with Gasteiger partial charge < -0.3 is 10.0 Å². The Morgan fingerprint density at radius 2 is 1.86 bits per heavy atom. The third kappa shape index (κ3) is 4.19. The Labute approximate surface area is 186 Å². The molecule has 0 aliphatic heterocycles. The van der Waals surface area contributed by atoms with Crippen molar-refractivity contribution in [3.63, 3.8) is 0 Å². The molecule has 5 nitrogen and oxygen atoms in total. The molecular weight excluding hydrogens is 483 g/mol. The highest BCUT2D eigenvalue weighted by molar-refractivity contribution is 8.02. The Hall–Kier alpha value is -1.91. The molecule has 0 amide bonds. The minimum Gasteiger partial charge on any atom is -0.333 e. The van der Waals surface area contributed by atoms with E-state index in [0.717, 1.165) is 18.0 Å². The lowest BCUT2D eigenvalue weighted by Crippen LogP contribution is -2.03. The van der Waals surface area contributed by atoms with Crippen LogP contribution in [-0.4, -0.2) is 15.0 Å². The predicted molar refractivity (Wildman–Crippen MR) is 116 cm³/mol. The molecule has 29 heavy (non-hydrogen) atoms. The summed E-state index contributed by atoms with van der Waals surface area (Å²) in [6, 6.07) is 5.60. The number of thiophene rings is 1. The van der Waals surface area contributed by atoms with Gasteiger partial charge in [0, 0.05) is 5.38 Å². The molecule has 2 N–H and O–H groups in total. The highest BCUT2D eigenvalue weighted by atomic mass is 35.5. The van der Waals surface area contributed by atoms with Crippen LogP contribution in [-0.2, 0) is 0 Å². The fraction of sp³-hybridized carbons (Fsp3) is 0. The third-order valence-electron chi connectivity index (χ3n) is 3.69. The van der Waals surface area contributed by atoms with Crippen LogP contribution < -0.4 is 10.0 Å². The van der Waals surface area contributed by atoms with Crippen molar-refractivity contribution in [3.05, 3.63) is 62.8 Å². The van der Waals surface area contributed by atoms with Gasteiger partial charge in [0.15, 0.2) is 11.6 Å². The fourth-order valence-electron chi connectivity index (χ4n) is 2.35. The van der Waals surface area contributed by atoms with Crippen molar-refractivity contribution in [2.75, 3.05) is 10.0 Å². The van der Waals surface area contributed by atoms with Crippen LogP contribution in [0.25, 0.3) is 11.0 Å². The van der Waals surface area contributed by atoms with Gasteiger partial charge in [0.05, 0.1) is 21.2 Å². The molecule has 148 valence electrons. The maximum atomic E-state index is 15.0. The van der Waals surface area contributed by atoms with Gasteiger partial charge in [-0.3, -0.25) is 0 Å². The second-order valence-corrected chi connectivity index (χ2v) is 8.65. The van der Waals surface area contributed by atoms with E-state index in [1.54, 1.807) is 17.5 Å². The van der Waals surface area contributed by atoms with Gasteiger partial charge in [-0.15, -0.1) is 11.3 Å². The summed E-state index contributed by atoms with van der Waals surface area (Å²) >= 11 is 20.3. The van der Waals surface area contributed by atoms with E-state index < -0.39 is 17.3 Å². The quantitative estimate of drug-likeness (QED) is 0.228. The van der Waals surface area contributed by atoms with Gasteiger partial charge in [-0.25, -0.2) is 23.7 Å². The maximum Gasteiger partial charge on any atom is 0.173 e. The lowest BCUT2D eigenvalue weighted by atomic mass is 10.2. The fourth-order valence-corrected chi connectivity index (χ4v) is 4.77. The summed E-state index contributed by atoms with van der Waals surface area (Å²) in [4.78, 5) is 12.2. The van der Waals surface area contributed by atoms with Crippen molar-refractivity contribution in [2.45, 2.75) is 4.21 Å². The Morgan fingerprint density at radius 1 is 1.03 bits per heavy atom. The molecule has 0 saturated carbocycles. The third-order valence-corrected chi connectivity index (χ3v) is 7.07. The van der Waals surface area contributed by atoms with Gasteiger partial charge in [0.2, 0.25) is 0 Å². The molecule has 0 fully saturated rings. The van der Waals surface area contributed by atoms with Crippen LogP contribution in [0.5, 0.6) is 0 Å². The van der Waals surface area contributed by atoms with Gasteiger partial charge in [0.25, 0.3) is 0 Å². The number of rotatable bonds is 5. The van der Waals surface area contributed by atoms with E-state index in [9.17, 15) is 8.78 Å². The van der Waals surface area contributed by atoms with Crippen molar-refractivity contribution in [1.82, 2.24) is 15.0 Å². The molecule has 0 radical (unpaired) electrons. The number of fused-ring (bicyclic) bond motifs is 1. The number of nitrogens with one attached hydrogen (secondary N) is 2. The topological polar surface area (TPSA) is 62.7 Å². The highest BCUT2D eigenvalue weighted by Crippen LogP contribution is 2.40. The van der Waals surface area contributed by atoms with Crippen LogP contribution in [0.1, 0.15) is 0 Å². The Balaban J connectivity index is 1.65. The van der Waals surface area contributed by atoms with Crippen molar-refractivity contribution in [2.24, 2.45) is 0 Å². The molecule has 4 aromatic rings.